The molecule has 136 valence electrons. The summed E-state index contributed by atoms with van der Waals surface area (Å²) in [5.41, 5.74) is 4.98. The highest BCUT2D eigenvalue weighted by Crippen LogP contribution is 2.20. The van der Waals surface area contributed by atoms with Crippen LogP contribution < -0.4 is 5.32 Å². The summed E-state index contributed by atoms with van der Waals surface area (Å²) in [5.74, 6) is 0. The summed E-state index contributed by atoms with van der Waals surface area (Å²) >= 11 is 0. The Hall–Kier alpha value is -2.48. The van der Waals surface area contributed by atoms with Crippen molar-refractivity contribution in [1.29, 1.82) is 0 Å². The van der Waals surface area contributed by atoms with E-state index in [9.17, 15) is 0 Å². The highest BCUT2D eigenvalue weighted by Gasteiger charge is 2.21. The third-order valence-electron chi connectivity index (χ3n) is 5.13. The predicted molar refractivity (Wildman–Crippen MR) is 111 cm³/mol. The van der Waals surface area contributed by atoms with E-state index in [2.05, 4.69) is 84.0 Å². The summed E-state index contributed by atoms with van der Waals surface area (Å²) in [6, 6.07) is 21.5. The number of hydrogen-bond acceptors (Lipinski definition) is 2. The second-order valence-corrected chi connectivity index (χ2v) is 7.16. The highest BCUT2D eigenvalue weighted by molar-refractivity contribution is 5.22. The first-order valence-electron chi connectivity index (χ1n) is 9.68. The fraction of sp³-hybridized carbons (Fsp3) is 0.333. The minimum absolute atomic E-state index is 0.207. The Labute approximate surface area is 158 Å². The van der Waals surface area contributed by atoms with Gasteiger partial charge in [0.05, 0.1) is 6.04 Å². The molecular weight excluding hydrogens is 316 g/mol. The minimum Gasteiger partial charge on any atom is -0.380 e. The Morgan fingerprint density at radius 3 is 2.08 bits per heavy atom. The summed E-state index contributed by atoms with van der Waals surface area (Å²) in [4.78, 5) is 2.44. The van der Waals surface area contributed by atoms with E-state index >= 15 is 0 Å². The summed E-state index contributed by atoms with van der Waals surface area (Å²) < 4.78 is 0. The number of nitrogens with zero attached hydrogens (tertiary/aromatic N) is 1. The molecule has 0 saturated carbocycles. The van der Waals surface area contributed by atoms with Gasteiger partial charge in [-0.3, -0.25) is 0 Å². The van der Waals surface area contributed by atoms with E-state index < -0.39 is 0 Å². The summed E-state index contributed by atoms with van der Waals surface area (Å²) in [6.45, 7) is 11.0. The van der Waals surface area contributed by atoms with Crippen LogP contribution in [0.15, 0.2) is 85.2 Å². The van der Waals surface area contributed by atoms with Crippen LogP contribution in [0.2, 0.25) is 0 Å². The van der Waals surface area contributed by atoms with Gasteiger partial charge >= 0.3 is 0 Å². The second kappa shape index (κ2) is 9.28. The summed E-state index contributed by atoms with van der Waals surface area (Å²) in [7, 11) is 0. The fourth-order valence-corrected chi connectivity index (χ4v) is 3.59. The number of benzene rings is 2. The Morgan fingerprint density at radius 1 is 0.885 bits per heavy atom. The van der Waals surface area contributed by atoms with E-state index in [-0.39, 0.29) is 6.04 Å². The number of aryl methyl sites for hydroxylation is 1. The van der Waals surface area contributed by atoms with E-state index in [0.29, 0.717) is 0 Å². The number of allylic oxidation sites excluding steroid dienone is 1. The van der Waals surface area contributed by atoms with Crippen LogP contribution in [0.4, 0.5) is 0 Å². The van der Waals surface area contributed by atoms with Gasteiger partial charge in [-0.2, -0.15) is 0 Å². The molecule has 3 rings (SSSR count). The fourth-order valence-electron chi connectivity index (χ4n) is 3.59. The molecule has 1 aliphatic rings. The molecule has 0 aliphatic carbocycles. The standard InChI is InChI=1S/C24H30N2/c1-20(15-16-22-11-5-3-6-12-22)25-24(19-23-13-7-4-8-14-23)21(2)26-17-9-10-18-26/h3-8,11-14,24-25H,1-2,9-10,15-19H2. The topological polar surface area (TPSA) is 15.3 Å². The van der Waals surface area contributed by atoms with Crippen LogP contribution in [0, 0.1) is 0 Å². The molecule has 26 heavy (non-hydrogen) atoms. The Balaban J connectivity index is 1.62. The highest BCUT2D eigenvalue weighted by atomic mass is 15.2. The molecule has 2 aromatic rings. The van der Waals surface area contributed by atoms with Crippen LogP contribution in [-0.2, 0) is 12.8 Å². The monoisotopic (exact) mass is 346 g/mol. The first-order valence-corrected chi connectivity index (χ1v) is 9.68. The van der Waals surface area contributed by atoms with Crippen LogP contribution in [0.25, 0.3) is 0 Å². The van der Waals surface area contributed by atoms with E-state index in [1.807, 2.05) is 0 Å². The maximum absolute atomic E-state index is 4.43. The maximum Gasteiger partial charge on any atom is 0.0692 e. The van der Waals surface area contributed by atoms with Crippen molar-refractivity contribution in [2.75, 3.05) is 13.1 Å². The Bertz CT molecular complexity index is 700. The van der Waals surface area contributed by atoms with Gasteiger partial charge in [0.2, 0.25) is 0 Å². The molecule has 1 unspecified atom stereocenters. The largest absolute Gasteiger partial charge is 0.380 e. The van der Waals surface area contributed by atoms with Gasteiger partial charge in [0.25, 0.3) is 0 Å². The van der Waals surface area contributed by atoms with Crippen LogP contribution in [-0.4, -0.2) is 24.0 Å². The van der Waals surface area contributed by atoms with Crippen molar-refractivity contribution < 1.29 is 0 Å². The van der Waals surface area contributed by atoms with Gasteiger partial charge in [0.15, 0.2) is 0 Å². The third kappa shape index (κ3) is 5.26. The normalized spacial score (nSPS) is 14.8. The van der Waals surface area contributed by atoms with E-state index in [1.165, 1.54) is 29.7 Å². The zero-order valence-electron chi connectivity index (χ0n) is 15.7. The summed E-state index contributed by atoms with van der Waals surface area (Å²) in [5, 5.41) is 3.68. The molecule has 1 fully saturated rings. The molecular formula is C24H30N2. The molecule has 1 aliphatic heterocycles. The van der Waals surface area contributed by atoms with Gasteiger partial charge < -0.3 is 10.2 Å². The van der Waals surface area contributed by atoms with Crippen molar-refractivity contribution in [3.05, 3.63) is 96.3 Å². The van der Waals surface area contributed by atoms with Gasteiger partial charge in [-0.15, -0.1) is 0 Å². The zero-order chi connectivity index (χ0) is 18.2. The van der Waals surface area contributed by atoms with Gasteiger partial charge in [0.1, 0.15) is 0 Å². The van der Waals surface area contributed by atoms with Crippen LogP contribution in [0.3, 0.4) is 0 Å². The molecule has 0 aromatic heterocycles. The second-order valence-electron chi connectivity index (χ2n) is 7.16. The predicted octanol–water partition coefficient (Wildman–Crippen LogP) is 4.94. The van der Waals surface area contributed by atoms with Crippen molar-refractivity contribution in [2.24, 2.45) is 0 Å². The van der Waals surface area contributed by atoms with Crippen molar-refractivity contribution in [3.63, 3.8) is 0 Å². The smallest absolute Gasteiger partial charge is 0.0692 e. The molecule has 1 saturated heterocycles. The first-order chi connectivity index (χ1) is 12.7. The number of nitrogens with one attached hydrogen (secondary N) is 1. The minimum atomic E-state index is 0.207. The molecule has 0 spiro atoms. The van der Waals surface area contributed by atoms with Crippen molar-refractivity contribution in [2.45, 2.75) is 38.1 Å². The first kappa shape index (κ1) is 18.3. The lowest BCUT2D eigenvalue weighted by atomic mass is 10.0. The Kier molecular flexibility index (Phi) is 6.54. The molecule has 2 aromatic carbocycles. The molecule has 1 N–H and O–H groups in total. The molecule has 0 amide bonds. The van der Waals surface area contributed by atoms with Crippen molar-refractivity contribution >= 4 is 0 Å². The van der Waals surface area contributed by atoms with Gasteiger partial charge in [-0.05, 0) is 43.2 Å². The quantitative estimate of drug-likeness (QED) is 0.691. The van der Waals surface area contributed by atoms with Gasteiger partial charge in [-0.25, -0.2) is 0 Å². The lowest BCUT2D eigenvalue weighted by Crippen LogP contribution is -2.38. The van der Waals surface area contributed by atoms with Gasteiger partial charge in [0, 0.05) is 24.5 Å². The molecule has 2 nitrogen and oxygen atoms in total. The lowest BCUT2D eigenvalue weighted by molar-refractivity contribution is 0.375. The third-order valence-corrected chi connectivity index (χ3v) is 5.13. The van der Waals surface area contributed by atoms with E-state index in [0.717, 1.165) is 38.0 Å². The Morgan fingerprint density at radius 2 is 1.46 bits per heavy atom. The number of hydrogen-bond donors (Lipinski definition) is 1. The lowest BCUT2D eigenvalue weighted by Gasteiger charge is -2.30. The molecule has 0 bridgehead atoms. The van der Waals surface area contributed by atoms with Crippen LogP contribution in [0.5, 0.6) is 0 Å². The van der Waals surface area contributed by atoms with Crippen LogP contribution in [0.1, 0.15) is 30.4 Å². The van der Waals surface area contributed by atoms with Crippen LogP contribution >= 0.6 is 0 Å². The van der Waals surface area contributed by atoms with Gasteiger partial charge in [-0.1, -0.05) is 73.8 Å². The van der Waals surface area contributed by atoms with Crippen molar-refractivity contribution in [1.82, 2.24) is 10.2 Å². The van der Waals surface area contributed by atoms with Crippen molar-refractivity contribution in [3.8, 4) is 0 Å². The molecule has 1 atom stereocenters. The SMILES string of the molecule is C=C(CCc1ccccc1)NC(Cc1ccccc1)C(=C)N1CCCC1. The molecule has 1 heterocycles. The van der Waals surface area contributed by atoms with E-state index in [1.54, 1.807) is 0 Å². The maximum atomic E-state index is 4.43. The molecule has 0 radical (unpaired) electrons. The number of rotatable bonds is 9. The zero-order valence-corrected chi connectivity index (χ0v) is 15.7. The van der Waals surface area contributed by atoms with E-state index in [4.69, 9.17) is 0 Å². The molecule has 2 heteroatoms. The summed E-state index contributed by atoms with van der Waals surface area (Å²) in [6.07, 6.45) is 5.45. The average molecular weight is 347 g/mol. The number of likely N-dealkylation sites (tertiary alicyclic amines) is 1. The average Bonchev–Trinajstić information content (AvgIpc) is 3.22.